The van der Waals surface area contributed by atoms with Crippen LogP contribution < -0.4 is 0 Å². The molecule has 0 saturated heterocycles. The fraction of sp³-hybridized carbons (Fsp3) is 0.586. The molecule has 5 rings (SSSR count). The monoisotopic (exact) mass is 993 g/mol. The lowest BCUT2D eigenvalue weighted by Crippen LogP contribution is -2.65. The number of allylic oxidation sites excluding steroid dienone is 28. The number of hydrogen-bond donors (Lipinski definition) is 2. The molecule has 8 atom stereocenters. The minimum atomic E-state index is -0.553. The van der Waals surface area contributed by atoms with Gasteiger partial charge in [-0.3, -0.25) is 4.79 Å². The molecule has 402 valence electrons. The first kappa shape index (κ1) is 61.3. The van der Waals surface area contributed by atoms with Crippen molar-refractivity contribution in [2.24, 2.45) is 50.2 Å². The van der Waals surface area contributed by atoms with Gasteiger partial charge in [-0.05, 0) is 204 Å². The molecule has 0 amide bonds. The van der Waals surface area contributed by atoms with E-state index in [1.807, 2.05) is 0 Å². The third-order valence-electron chi connectivity index (χ3n) is 19.0. The van der Waals surface area contributed by atoms with Crippen LogP contribution >= 0.6 is 0 Å². The summed E-state index contributed by atoms with van der Waals surface area (Å²) in [7, 11) is 0. The molecule has 4 fully saturated rings. The number of hydrogen-bond acceptors (Lipinski definition) is 2. The van der Waals surface area contributed by atoms with E-state index in [1.165, 1.54) is 63.0 Å². The summed E-state index contributed by atoms with van der Waals surface area (Å²) in [6, 6.07) is 0. The van der Waals surface area contributed by atoms with Gasteiger partial charge in [0.15, 0.2) is 0 Å². The maximum Gasteiger partial charge on any atom is 0.310 e. The van der Waals surface area contributed by atoms with Gasteiger partial charge in [0.2, 0.25) is 0 Å². The number of aliphatic carboxylic acids is 1. The van der Waals surface area contributed by atoms with Crippen LogP contribution in [0.25, 0.3) is 0 Å². The third-order valence-corrected chi connectivity index (χ3v) is 19.0. The second-order valence-electron chi connectivity index (χ2n) is 26.2. The molecule has 0 bridgehead atoms. The van der Waals surface area contributed by atoms with Crippen LogP contribution in [0.4, 0.5) is 0 Å². The molecule has 73 heavy (non-hydrogen) atoms. The molecule has 3 nitrogen and oxygen atoms in total. The van der Waals surface area contributed by atoms with Crippen molar-refractivity contribution >= 4 is 5.97 Å². The summed E-state index contributed by atoms with van der Waals surface area (Å²) >= 11 is 0. The van der Waals surface area contributed by atoms with Gasteiger partial charge in [0.1, 0.15) is 0 Å². The SMILES string of the molecule is CC(C)=CCC/C(C)=C/C=C/C(C)=C/C=C/C(C)=C/C=C/C=C(C)/C=C/C=C(C)/C=C/C=C(\C)CCC=C(C)C.CC1(C)CC[C@]2(C(=O)O)CC[C@]3(C)C(=CC[C@@H]4[C@@]5(C)CC[C@H](O)C(C)(C)[C@@H]5CC[C@]43C)[C@@H]2C1. The number of carboxylic acid groups (broad SMARTS) is 1. The van der Waals surface area contributed by atoms with Gasteiger partial charge in [-0.2, -0.15) is 0 Å². The Labute approximate surface area is 448 Å². The predicted octanol–water partition coefficient (Wildman–Crippen LogP) is 20.2. The average Bonchev–Trinajstić information content (AvgIpc) is 3.29. The van der Waals surface area contributed by atoms with Crippen LogP contribution in [0, 0.1) is 50.2 Å². The van der Waals surface area contributed by atoms with Crippen LogP contribution in [0.2, 0.25) is 0 Å². The zero-order valence-corrected chi connectivity index (χ0v) is 49.5. The molecule has 0 radical (unpaired) electrons. The quantitative estimate of drug-likeness (QED) is 0.113. The van der Waals surface area contributed by atoms with Gasteiger partial charge in [-0.1, -0.05) is 214 Å². The number of carboxylic acids is 1. The molecule has 5 aliphatic rings. The van der Waals surface area contributed by atoms with E-state index in [9.17, 15) is 15.0 Å². The predicted molar refractivity (Wildman–Crippen MR) is 318 cm³/mol. The second-order valence-corrected chi connectivity index (χ2v) is 26.2. The molecule has 5 aliphatic carbocycles. The summed E-state index contributed by atoms with van der Waals surface area (Å²) in [6.07, 6.45) is 55.9. The lowest BCUT2D eigenvalue weighted by Gasteiger charge is -2.71. The normalized spacial score (nSPS) is 31.9. The van der Waals surface area contributed by atoms with Crippen LogP contribution in [0.3, 0.4) is 0 Å². The van der Waals surface area contributed by atoms with E-state index in [0.29, 0.717) is 11.8 Å². The molecule has 0 aliphatic heterocycles. The van der Waals surface area contributed by atoms with Crippen LogP contribution in [-0.4, -0.2) is 22.3 Å². The van der Waals surface area contributed by atoms with Crippen molar-refractivity contribution in [3.63, 3.8) is 0 Å². The Hall–Kier alpha value is -4.21. The summed E-state index contributed by atoms with van der Waals surface area (Å²) in [4.78, 5) is 12.8. The van der Waals surface area contributed by atoms with Crippen molar-refractivity contribution in [3.8, 4) is 0 Å². The lowest BCUT2D eigenvalue weighted by molar-refractivity contribution is -0.205. The van der Waals surface area contributed by atoms with Gasteiger partial charge in [0, 0.05) is 0 Å². The van der Waals surface area contributed by atoms with E-state index in [1.54, 1.807) is 0 Å². The van der Waals surface area contributed by atoms with Crippen molar-refractivity contribution in [1.82, 2.24) is 0 Å². The highest BCUT2D eigenvalue weighted by molar-refractivity contribution is 5.76. The lowest BCUT2D eigenvalue weighted by atomic mass is 9.33. The highest BCUT2D eigenvalue weighted by atomic mass is 16.4. The Morgan fingerprint density at radius 2 is 1.01 bits per heavy atom. The van der Waals surface area contributed by atoms with Crippen molar-refractivity contribution < 1.29 is 15.0 Å². The summed E-state index contributed by atoms with van der Waals surface area (Å²) in [6.45, 7) is 38.5. The first-order valence-electron chi connectivity index (χ1n) is 28.4. The number of fused-ring (bicyclic) bond motifs is 7. The Kier molecular flexibility index (Phi) is 22.3. The number of aliphatic hydroxyl groups excluding tert-OH is 1. The van der Waals surface area contributed by atoms with Gasteiger partial charge in [-0.25, -0.2) is 0 Å². The van der Waals surface area contributed by atoms with E-state index in [4.69, 9.17) is 0 Å². The molecule has 0 heterocycles. The second kappa shape index (κ2) is 26.5. The molecule has 0 aromatic rings. The number of aliphatic hydroxyl groups is 1. The summed E-state index contributed by atoms with van der Waals surface area (Å²) in [5, 5.41) is 21.4. The van der Waals surface area contributed by atoms with Gasteiger partial charge < -0.3 is 10.2 Å². The largest absolute Gasteiger partial charge is 0.481 e. The molecule has 0 spiro atoms. The smallest absolute Gasteiger partial charge is 0.310 e. The van der Waals surface area contributed by atoms with Crippen molar-refractivity contribution in [1.29, 1.82) is 0 Å². The van der Waals surface area contributed by atoms with E-state index < -0.39 is 11.4 Å². The minimum absolute atomic E-state index is 0.0301. The van der Waals surface area contributed by atoms with Crippen molar-refractivity contribution in [2.75, 3.05) is 0 Å². The molecule has 2 N–H and O–H groups in total. The molecule has 3 heteroatoms. The van der Waals surface area contributed by atoms with Gasteiger partial charge >= 0.3 is 5.97 Å². The van der Waals surface area contributed by atoms with E-state index in [-0.39, 0.29) is 39.1 Å². The highest BCUT2D eigenvalue weighted by Gasteiger charge is 2.69. The van der Waals surface area contributed by atoms with Crippen LogP contribution in [0.1, 0.15) is 208 Å². The maximum atomic E-state index is 12.8. The Morgan fingerprint density at radius 1 is 0.562 bits per heavy atom. The first-order valence-corrected chi connectivity index (χ1v) is 28.4. The molecular weight excluding hydrogens is 889 g/mol. The molecule has 4 saturated carbocycles. The summed E-state index contributed by atoms with van der Waals surface area (Å²) in [5.41, 5.74) is 12.2. The molecular formula is C70H104O3. The topological polar surface area (TPSA) is 57.5 Å². The minimum Gasteiger partial charge on any atom is -0.481 e. The molecule has 0 aromatic heterocycles. The zero-order valence-electron chi connectivity index (χ0n) is 49.5. The highest BCUT2D eigenvalue weighted by Crippen LogP contribution is 2.75. The average molecular weight is 994 g/mol. The van der Waals surface area contributed by atoms with Gasteiger partial charge in [0.25, 0.3) is 0 Å². The fourth-order valence-electron chi connectivity index (χ4n) is 14.0. The maximum absolute atomic E-state index is 12.8. The molecule has 0 aromatic carbocycles. The van der Waals surface area contributed by atoms with Crippen LogP contribution in [0.5, 0.6) is 0 Å². The Bertz CT molecular complexity index is 2260. The number of carbonyl (C=O) groups is 1. The molecule has 0 unspecified atom stereocenters. The Morgan fingerprint density at radius 3 is 1.48 bits per heavy atom. The summed E-state index contributed by atoms with van der Waals surface area (Å²) < 4.78 is 0. The van der Waals surface area contributed by atoms with Crippen molar-refractivity contribution in [2.45, 2.75) is 214 Å². The standard InChI is InChI=1S/C40H56.C30H48O3/c1-33(2)19-13-23-37(7)27-17-31-39(9)29-15-25-35(5)21-11-12-22-36(6)26-16-30-40(10)32-18-28-38(8)24-14-20-34(3)4;1-25(2)14-16-30(24(32)33)17-15-28(6)19(20(30)18-25)8-9-22-27(5)12-11-23(31)26(3,4)21(27)10-13-29(22,28)7/h11-12,15-22,25-32H,13-14,23-24H2,1-10H3;8,20-23,31H,9-18H2,1-7H3,(H,32,33)/b12-11+,25-15+,26-16+,31-17+,32-18+,35-21+,36-22+,37-27+,38-28+,39-29+,40-30+;/t;20-,21-,22+,23-,27-,28+,29+,30-/m.0/s1. The first-order chi connectivity index (χ1) is 34.1. The van der Waals surface area contributed by atoms with E-state index in [2.05, 4.69) is 233 Å². The van der Waals surface area contributed by atoms with Crippen LogP contribution in [-0.2, 0) is 4.79 Å². The number of rotatable bonds is 17. The third kappa shape index (κ3) is 15.9. The van der Waals surface area contributed by atoms with Crippen LogP contribution in [0.15, 0.2) is 166 Å². The Balaban J connectivity index is 0.000000320. The van der Waals surface area contributed by atoms with E-state index >= 15 is 0 Å². The van der Waals surface area contributed by atoms with E-state index in [0.717, 1.165) is 77.0 Å². The zero-order chi connectivity index (χ0) is 54.4. The summed E-state index contributed by atoms with van der Waals surface area (Å²) in [5.74, 6) is 0.807. The van der Waals surface area contributed by atoms with Gasteiger partial charge in [0.05, 0.1) is 11.5 Å². The van der Waals surface area contributed by atoms with Gasteiger partial charge in [-0.15, -0.1) is 0 Å². The fourth-order valence-corrected chi connectivity index (χ4v) is 14.0. The van der Waals surface area contributed by atoms with Crippen molar-refractivity contribution in [3.05, 3.63) is 166 Å².